The van der Waals surface area contributed by atoms with Crippen LogP contribution in [0.2, 0.25) is 0 Å². The molecule has 1 atom stereocenters. The van der Waals surface area contributed by atoms with Gasteiger partial charge < -0.3 is 9.68 Å². The van der Waals surface area contributed by atoms with Crippen molar-refractivity contribution in [3.05, 3.63) is 0 Å². The van der Waals surface area contributed by atoms with Crippen molar-refractivity contribution in [1.29, 1.82) is 0 Å². The first-order valence-electron chi connectivity index (χ1n) is 8.32. The third-order valence-electron chi connectivity index (χ3n) is 3.37. The molecule has 1 fully saturated rings. The minimum Gasteiger partial charge on any atom is -0.338 e. The summed E-state index contributed by atoms with van der Waals surface area (Å²) in [6.07, 6.45) is -1.30. The van der Waals surface area contributed by atoms with E-state index in [2.05, 4.69) is 9.68 Å². The van der Waals surface area contributed by atoms with Gasteiger partial charge >= 0.3 is 11.9 Å². The molecule has 3 amide bonds. The van der Waals surface area contributed by atoms with E-state index in [0.29, 0.717) is 5.06 Å². The molecule has 1 aliphatic rings. The summed E-state index contributed by atoms with van der Waals surface area (Å²) in [4.78, 5) is 67.0. The Hall–Kier alpha value is -1.93. The molecule has 1 unspecified atom stereocenters. The summed E-state index contributed by atoms with van der Waals surface area (Å²) in [6, 6.07) is 0. The lowest BCUT2D eigenvalue weighted by Crippen LogP contribution is -2.36. The third-order valence-corrected chi connectivity index (χ3v) is 7.48. The molecule has 0 bridgehead atoms. The second-order valence-electron chi connectivity index (χ2n) is 5.92. The van der Waals surface area contributed by atoms with Gasteiger partial charge in [-0.15, -0.1) is 5.06 Å². The van der Waals surface area contributed by atoms with E-state index in [1.807, 2.05) is 0 Å². The maximum Gasteiger partial charge on any atom is 0.334 e. The molecule has 1 saturated heterocycles. The highest BCUT2D eigenvalue weighted by molar-refractivity contribution is 8.76. The molecular formula is C13H18N2O13S4. The van der Waals surface area contributed by atoms with E-state index in [-0.39, 0.29) is 29.4 Å². The van der Waals surface area contributed by atoms with Gasteiger partial charge in [-0.05, 0) is 0 Å². The fraction of sp³-hybridized carbons (Fsp3) is 0.615. The number of carbonyl (C=O) groups is 5. The molecule has 1 rings (SSSR count). The quantitative estimate of drug-likeness (QED) is 0.0997. The Bertz CT molecular complexity index is 978. The Labute approximate surface area is 189 Å². The van der Waals surface area contributed by atoms with Gasteiger partial charge in [0.2, 0.25) is 0 Å². The summed E-state index contributed by atoms with van der Waals surface area (Å²) in [5.74, 6) is -6.42. The van der Waals surface area contributed by atoms with Crippen molar-refractivity contribution >= 4 is 71.5 Å². The number of imide groups is 1. The lowest BCUT2D eigenvalue weighted by molar-refractivity contribution is -0.197. The average molecular weight is 539 g/mol. The van der Waals surface area contributed by atoms with Gasteiger partial charge in [0, 0.05) is 18.6 Å². The highest BCUT2D eigenvalue weighted by atomic mass is 33.1. The monoisotopic (exact) mass is 538 g/mol. The number of rotatable bonds is 11. The minimum absolute atomic E-state index is 0.00555. The second-order valence-corrected chi connectivity index (χ2v) is 11.7. The van der Waals surface area contributed by atoms with Gasteiger partial charge in [-0.3, -0.25) is 23.5 Å². The van der Waals surface area contributed by atoms with Crippen LogP contribution in [0.4, 0.5) is 0 Å². The van der Waals surface area contributed by atoms with Gasteiger partial charge in [-0.1, -0.05) is 21.6 Å². The molecule has 182 valence electrons. The van der Waals surface area contributed by atoms with Crippen molar-refractivity contribution in [2.75, 3.05) is 24.3 Å². The number of hydrogen-bond acceptors (Lipinski definition) is 13. The normalized spacial score (nSPS) is 16.7. The van der Waals surface area contributed by atoms with Crippen LogP contribution in [-0.2, 0) is 53.9 Å². The van der Waals surface area contributed by atoms with Crippen LogP contribution in [0, 0.1) is 0 Å². The highest BCUT2D eigenvalue weighted by Crippen LogP contribution is 2.24. The number of amides is 3. The average Bonchev–Trinajstić information content (AvgIpc) is 2.91. The molecule has 1 aliphatic heterocycles. The maximum atomic E-state index is 11.7. The van der Waals surface area contributed by atoms with Crippen molar-refractivity contribution in [2.24, 2.45) is 0 Å². The summed E-state index contributed by atoms with van der Waals surface area (Å²) in [6.45, 7) is 0. The maximum absolute atomic E-state index is 11.7. The van der Waals surface area contributed by atoms with E-state index in [0.717, 1.165) is 28.6 Å². The molecular weight excluding hydrogens is 520 g/mol. The van der Waals surface area contributed by atoms with Crippen LogP contribution in [0.15, 0.2) is 0 Å². The molecule has 0 aliphatic carbocycles. The second kappa shape index (κ2) is 11.8. The predicted octanol–water partition coefficient (Wildman–Crippen LogP) is -1.57. The first kappa shape index (κ1) is 28.1. The van der Waals surface area contributed by atoms with Crippen LogP contribution >= 0.6 is 21.6 Å². The van der Waals surface area contributed by atoms with Gasteiger partial charge in [0.05, 0.1) is 19.3 Å². The summed E-state index contributed by atoms with van der Waals surface area (Å²) < 4.78 is 60.6. The van der Waals surface area contributed by atoms with Crippen LogP contribution in [0.3, 0.4) is 0 Å². The zero-order valence-electron chi connectivity index (χ0n) is 16.2. The van der Waals surface area contributed by atoms with E-state index in [9.17, 15) is 40.8 Å². The molecule has 0 spiro atoms. The van der Waals surface area contributed by atoms with Crippen LogP contribution in [0.1, 0.15) is 19.3 Å². The lowest BCUT2D eigenvalue weighted by Gasteiger charge is -2.15. The fourth-order valence-electron chi connectivity index (χ4n) is 1.92. The number of hydrogen-bond donors (Lipinski definition) is 2. The first-order chi connectivity index (χ1) is 14.6. The van der Waals surface area contributed by atoms with Crippen LogP contribution in [0.5, 0.6) is 0 Å². The Morgan fingerprint density at radius 2 is 1.59 bits per heavy atom. The third kappa shape index (κ3) is 9.69. The molecule has 15 nitrogen and oxygen atoms in total. The van der Waals surface area contributed by atoms with E-state index < -0.39 is 67.3 Å². The van der Waals surface area contributed by atoms with Crippen LogP contribution < -0.4 is 0 Å². The van der Waals surface area contributed by atoms with Gasteiger partial charge in [0.25, 0.3) is 38.0 Å². The SMILES string of the molecule is CN(OC(=O)CCSSCCC(=O)ON1C(=O)CC(S(=O)(=O)O)C1=O)C(=O)CS(=O)(=O)O. The summed E-state index contributed by atoms with van der Waals surface area (Å²) in [5.41, 5.74) is 0. The molecule has 32 heavy (non-hydrogen) atoms. The standard InChI is InChI=1S/C13H18N2O13S4/c1-14(10(17)7-31(21,22)23)27-11(18)2-4-29-30-5-3-12(19)28-15-9(16)6-8(13(15)20)32(24,25)26/h8H,2-7H2,1H3,(H,21,22,23)(H,24,25,26). The molecule has 0 saturated carbocycles. The molecule has 0 aromatic rings. The largest absolute Gasteiger partial charge is 0.338 e. The van der Waals surface area contributed by atoms with E-state index in [1.54, 1.807) is 0 Å². The van der Waals surface area contributed by atoms with Gasteiger partial charge in [0.15, 0.2) is 11.0 Å². The Morgan fingerprint density at radius 3 is 2.06 bits per heavy atom. The molecule has 0 aromatic heterocycles. The zero-order valence-corrected chi connectivity index (χ0v) is 19.5. The Balaban J connectivity index is 2.25. The summed E-state index contributed by atoms with van der Waals surface area (Å²) in [5, 5.41) is -1.65. The van der Waals surface area contributed by atoms with Crippen molar-refractivity contribution in [3.8, 4) is 0 Å². The number of nitrogens with zero attached hydrogens (tertiary/aromatic N) is 2. The van der Waals surface area contributed by atoms with Gasteiger partial charge in [-0.2, -0.15) is 21.9 Å². The fourth-order valence-corrected chi connectivity index (χ4v) is 5.06. The van der Waals surface area contributed by atoms with Crippen molar-refractivity contribution < 1.29 is 59.6 Å². The lowest BCUT2D eigenvalue weighted by atomic mass is 10.4. The molecule has 19 heteroatoms. The Morgan fingerprint density at radius 1 is 1.06 bits per heavy atom. The van der Waals surface area contributed by atoms with E-state index >= 15 is 0 Å². The number of carbonyl (C=O) groups excluding carboxylic acids is 5. The van der Waals surface area contributed by atoms with Crippen molar-refractivity contribution in [3.63, 3.8) is 0 Å². The van der Waals surface area contributed by atoms with Crippen molar-refractivity contribution in [1.82, 2.24) is 10.1 Å². The zero-order chi connectivity index (χ0) is 24.7. The summed E-state index contributed by atoms with van der Waals surface area (Å²) in [7, 11) is -6.15. The molecule has 1 heterocycles. The van der Waals surface area contributed by atoms with Crippen LogP contribution in [-0.4, -0.2) is 95.3 Å². The van der Waals surface area contributed by atoms with Gasteiger partial charge in [0.1, 0.15) is 0 Å². The van der Waals surface area contributed by atoms with E-state index in [1.165, 1.54) is 0 Å². The smallest absolute Gasteiger partial charge is 0.334 e. The van der Waals surface area contributed by atoms with E-state index in [4.69, 9.17) is 9.11 Å². The molecule has 2 N–H and O–H groups in total. The minimum atomic E-state index is -4.82. The van der Waals surface area contributed by atoms with Crippen molar-refractivity contribution in [2.45, 2.75) is 24.5 Å². The first-order valence-corrected chi connectivity index (χ1v) is 13.9. The van der Waals surface area contributed by atoms with Gasteiger partial charge in [-0.25, -0.2) is 9.59 Å². The van der Waals surface area contributed by atoms with Crippen LogP contribution in [0.25, 0.3) is 0 Å². The highest BCUT2D eigenvalue weighted by Gasteiger charge is 2.48. The Kier molecular flexibility index (Phi) is 10.4. The topological polar surface area (TPSA) is 219 Å². The number of hydroxylamine groups is 4. The molecule has 0 radical (unpaired) electrons. The molecule has 0 aromatic carbocycles. The predicted molar refractivity (Wildman–Crippen MR) is 107 cm³/mol. The summed E-state index contributed by atoms with van der Waals surface area (Å²) >= 11 is 0.